The fourth-order valence-corrected chi connectivity index (χ4v) is 2.05. The average Bonchev–Trinajstić information content (AvgIpc) is 2.48. The lowest BCUT2D eigenvalue weighted by molar-refractivity contribution is 0.299. The van der Waals surface area contributed by atoms with Crippen LogP contribution in [0.1, 0.15) is 51.5 Å². The highest BCUT2D eigenvalue weighted by Crippen LogP contribution is 2.25. The molecule has 0 fully saturated rings. The summed E-state index contributed by atoms with van der Waals surface area (Å²) < 4.78 is 11.2. The van der Waals surface area contributed by atoms with Crippen molar-refractivity contribution >= 4 is 0 Å². The fraction of sp³-hybridized carbons (Fsp3) is 0.647. The van der Waals surface area contributed by atoms with E-state index < -0.39 is 0 Å². The maximum atomic E-state index is 5.94. The number of nitrogens with one attached hydrogen (secondary N) is 1. The van der Waals surface area contributed by atoms with Gasteiger partial charge in [-0.2, -0.15) is 0 Å². The Morgan fingerprint density at radius 3 is 2.60 bits per heavy atom. The number of benzene rings is 1. The molecule has 0 spiro atoms. The predicted molar refractivity (Wildman–Crippen MR) is 84.6 cm³/mol. The lowest BCUT2D eigenvalue weighted by Gasteiger charge is -2.13. The first-order valence-electron chi connectivity index (χ1n) is 7.82. The van der Waals surface area contributed by atoms with Gasteiger partial charge in [-0.1, -0.05) is 39.2 Å². The Hall–Kier alpha value is -1.22. The molecule has 0 aliphatic rings. The Balaban J connectivity index is 2.54. The van der Waals surface area contributed by atoms with Crippen LogP contribution in [0.2, 0.25) is 0 Å². The van der Waals surface area contributed by atoms with Crippen molar-refractivity contribution in [2.75, 3.05) is 20.3 Å². The lowest BCUT2D eigenvalue weighted by atomic mass is 10.2. The first-order valence-corrected chi connectivity index (χ1v) is 7.82. The molecule has 0 unspecified atom stereocenters. The third-order valence-electron chi connectivity index (χ3n) is 3.27. The third-order valence-corrected chi connectivity index (χ3v) is 3.27. The maximum absolute atomic E-state index is 5.94. The van der Waals surface area contributed by atoms with Crippen LogP contribution in [0.15, 0.2) is 18.2 Å². The molecule has 1 rings (SSSR count). The zero-order valence-electron chi connectivity index (χ0n) is 13.2. The van der Waals surface area contributed by atoms with Crippen LogP contribution in [0.3, 0.4) is 0 Å². The van der Waals surface area contributed by atoms with Crippen molar-refractivity contribution in [1.29, 1.82) is 0 Å². The number of unbranched alkanes of at least 4 members (excludes halogenated alkanes) is 3. The highest BCUT2D eigenvalue weighted by atomic mass is 16.5. The van der Waals surface area contributed by atoms with E-state index in [0.717, 1.165) is 44.0 Å². The number of hydrogen-bond donors (Lipinski definition) is 1. The number of rotatable bonds is 11. The molecule has 0 heterocycles. The van der Waals surface area contributed by atoms with E-state index in [4.69, 9.17) is 9.47 Å². The monoisotopic (exact) mass is 279 g/mol. The fourth-order valence-electron chi connectivity index (χ4n) is 2.05. The topological polar surface area (TPSA) is 30.5 Å². The summed E-state index contributed by atoms with van der Waals surface area (Å²) in [5.74, 6) is 1.80. The van der Waals surface area contributed by atoms with Gasteiger partial charge in [-0.15, -0.1) is 0 Å². The molecule has 20 heavy (non-hydrogen) atoms. The second kappa shape index (κ2) is 10.6. The van der Waals surface area contributed by atoms with Gasteiger partial charge in [0.05, 0.1) is 13.7 Å². The molecule has 3 heteroatoms. The molecule has 114 valence electrons. The van der Waals surface area contributed by atoms with Crippen LogP contribution in [0.5, 0.6) is 11.5 Å². The summed E-state index contributed by atoms with van der Waals surface area (Å²) >= 11 is 0. The van der Waals surface area contributed by atoms with Gasteiger partial charge in [-0.05, 0) is 25.5 Å². The number of hydrogen-bond acceptors (Lipinski definition) is 3. The minimum absolute atomic E-state index is 0.786. The van der Waals surface area contributed by atoms with Crippen molar-refractivity contribution < 1.29 is 9.47 Å². The quantitative estimate of drug-likeness (QED) is 0.617. The van der Waals surface area contributed by atoms with Crippen molar-refractivity contribution in [3.05, 3.63) is 23.8 Å². The molecule has 0 aliphatic heterocycles. The Bertz CT molecular complexity index is 366. The van der Waals surface area contributed by atoms with Crippen molar-refractivity contribution in [3.63, 3.8) is 0 Å². The van der Waals surface area contributed by atoms with Gasteiger partial charge in [0.2, 0.25) is 0 Å². The molecule has 3 nitrogen and oxygen atoms in total. The normalized spacial score (nSPS) is 10.6. The number of ether oxygens (including phenoxy) is 2. The van der Waals surface area contributed by atoms with Gasteiger partial charge in [0.25, 0.3) is 0 Å². The Morgan fingerprint density at radius 1 is 1.05 bits per heavy atom. The molecule has 0 radical (unpaired) electrons. The summed E-state index contributed by atoms with van der Waals surface area (Å²) in [7, 11) is 1.69. The van der Waals surface area contributed by atoms with Crippen molar-refractivity contribution in [2.45, 2.75) is 52.5 Å². The predicted octanol–water partition coefficient (Wildman–Crippen LogP) is 4.15. The van der Waals surface area contributed by atoms with E-state index in [2.05, 4.69) is 25.2 Å². The second-order valence-corrected chi connectivity index (χ2v) is 5.06. The standard InChI is InChI=1S/C17H29NO2/c1-4-6-7-8-12-20-17-13-16(19-3)10-9-15(17)14-18-11-5-2/h9-10,13,18H,4-8,11-12,14H2,1-3H3. The van der Waals surface area contributed by atoms with E-state index >= 15 is 0 Å². The summed E-state index contributed by atoms with van der Waals surface area (Å²) in [6, 6.07) is 6.07. The maximum Gasteiger partial charge on any atom is 0.127 e. The van der Waals surface area contributed by atoms with Gasteiger partial charge in [-0.25, -0.2) is 0 Å². The second-order valence-electron chi connectivity index (χ2n) is 5.06. The molecule has 0 aliphatic carbocycles. The van der Waals surface area contributed by atoms with E-state index in [-0.39, 0.29) is 0 Å². The molecule has 0 aromatic heterocycles. The number of methoxy groups -OCH3 is 1. The van der Waals surface area contributed by atoms with Gasteiger partial charge in [0.15, 0.2) is 0 Å². The molecule has 0 atom stereocenters. The smallest absolute Gasteiger partial charge is 0.127 e. The van der Waals surface area contributed by atoms with E-state index in [1.54, 1.807) is 7.11 Å². The van der Waals surface area contributed by atoms with E-state index in [0.29, 0.717) is 0 Å². The lowest BCUT2D eigenvalue weighted by Crippen LogP contribution is -2.15. The van der Waals surface area contributed by atoms with Crippen molar-refractivity contribution in [3.8, 4) is 11.5 Å². The van der Waals surface area contributed by atoms with Gasteiger partial charge in [-0.3, -0.25) is 0 Å². The van der Waals surface area contributed by atoms with E-state index in [1.807, 2.05) is 12.1 Å². The zero-order chi connectivity index (χ0) is 14.6. The van der Waals surface area contributed by atoms with Gasteiger partial charge in [0, 0.05) is 18.2 Å². The molecule has 0 bridgehead atoms. The third kappa shape index (κ3) is 6.29. The molecule has 0 amide bonds. The summed E-state index contributed by atoms with van der Waals surface area (Å²) in [4.78, 5) is 0. The minimum atomic E-state index is 0.786. The molecule has 1 N–H and O–H groups in total. The largest absolute Gasteiger partial charge is 0.497 e. The van der Waals surface area contributed by atoms with Crippen LogP contribution < -0.4 is 14.8 Å². The van der Waals surface area contributed by atoms with Crippen molar-refractivity contribution in [2.24, 2.45) is 0 Å². The van der Waals surface area contributed by atoms with Gasteiger partial charge < -0.3 is 14.8 Å². The average molecular weight is 279 g/mol. The zero-order valence-corrected chi connectivity index (χ0v) is 13.2. The first-order chi connectivity index (χ1) is 9.81. The first kappa shape index (κ1) is 16.8. The molecule has 0 saturated carbocycles. The highest BCUT2D eigenvalue weighted by Gasteiger charge is 2.05. The van der Waals surface area contributed by atoms with E-state index in [1.165, 1.54) is 24.8 Å². The molecule has 0 saturated heterocycles. The summed E-state index contributed by atoms with van der Waals surface area (Å²) in [6.45, 7) is 7.06. The van der Waals surface area contributed by atoms with Gasteiger partial charge >= 0.3 is 0 Å². The van der Waals surface area contributed by atoms with Gasteiger partial charge in [0.1, 0.15) is 11.5 Å². The van der Waals surface area contributed by atoms with Crippen LogP contribution in [0.25, 0.3) is 0 Å². The van der Waals surface area contributed by atoms with Crippen LogP contribution >= 0.6 is 0 Å². The summed E-state index contributed by atoms with van der Waals surface area (Å²) in [6.07, 6.45) is 6.04. The molecular formula is C17H29NO2. The molecular weight excluding hydrogens is 250 g/mol. The van der Waals surface area contributed by atoms with Crippen molar-refractivity contribution in [1.82, 2.24) is 5.32 Å². The molecule has 1 aromatic carbocycles. The molecule has 1 aromatic rings. The highest BCUT2D eigenvalue weighted by molar-refractivity contribution is 5.40. The Morgan fingerprint density at radius 2 is 1.90 bits per heavy atom. The Kier molecular flexibility index (Phi) is 8.88. The van der Waals surface area contributed by atoms with Crippen LogP contribution in [0, 0.1) is 0 Å². The van der Waals surface area contributed by atoms with Crippen LogP contribution in [0.4, 0.5) is 0 Å². The van der Waals surface area contributed by atoms with Crippen LogP contribution in [-0.2, 0) is 6.54 Å². The minimum Gasteiger partial charge on any atom is -0.497 e. The summed E-state index contributed by atoms with van der Waals surface area (Å²) in [5.41, 5.74) is 1.20. The van der Waals surface area contributed by atoms with E-state index in [9.17, 15) is 0 Å². The SMILES string of the molecule is CCCCCCOc1cc(OC)ccc1CNCCC. The summed E-state index contributed by atoms with van der Waals surface area (Å²) in [5, 5.41) is 3.42. The Labute approximate surface area is 123 Å². The van der Waals surface area contributed by atoms with Crippen LogP contribution in [-0.4, -0.2) is 20.3 Å².